The van der Waals surface area contributed by atoms with E-state index in [1.54, 1.807) is 0 Å². The van der Waals surface area contributed by atoms with Crippen LogP contribution >= 0.6 is 0 Å². The van der Waals surface area contributed by atoms with Gasteiger partial charge in [-0.3, -0.25) is 0 Å². The van der Waals surface area contributed by atoms with Gasteiger partial charge in [0.05, 0.1) is 11.1 Å². The van der Waals surface area contributed by atoms with Crippen LogP contribution in [0.4, 0.5) is 34.1 Å². The monoisotopic (exact) mass is 776 g/mol. The third-order valence-corrected chi connectivity index (χ3v) is 12.8. The smallest absolute Gasteiger partial charge is 0.0747 e. The van der Waals surface area contributed by atoms with Crippen LogP contribution in [0.15, 0.2) is 243 Å². The average molecular weight is 777 g/mol. The van der Waals surface area contributed by atoms with Gasteiger partial charge in [0.15, 0.2) is 0 Å². The van der Waals surface area contributed by atoms with Crippen molar-refractivity contribution < 1.29 is 0 Å². The SMILES string of the molecule is c1ccc(-c2cccc(N(c3ccccc3)c3cc4ccccc4c4c3C3(c5ccccc5-c5ccc(N(c6ccccc6)c6ccccc6)cc53)c3ccccc3-4)c2)cc1. The summed E-state index contributed by atoms with van der Waals surface area (Å²) in [5, 5.41) is 2.47. The molecule has 0 saturated heterocycles. The predicted octanol–water partition coefficient (Wildman–Crippen LogP) is 15.8. The Morgan fingerprint density at radius 3 is 1.48 bits per heavy atom. The second kappa shape index (κ2) is 14.1. The molecule has 0 heterocycles. The summed E-state index contributed by atoms with van der Waals surface area (Å²) in [6.07, 6.45) is 0. The first kappa shape index (κ1) is 35.0. The van der Waals surface area contributed by atoms with Crippen LogP contribution in [0.25, 0.3) is 44.2 Å². The number of rotatable bonds is 7. The Morgan fingerprint density at radius 2 is 0.787 bits per heavy atom. The molecule has 0 N–H and O–H groups in total. The van der Waals surface area contributed by atoms with E-state index in [0.717, 1.165) is 34.1 Å². The Hall–Kier alpha value is -7.94. The normalized spacial score (nSPS) is 14.3. The average Bonchev–Trinajstić information content (AvgIpc) is 3.81. The fraction of sp³-hybridized carbons (Fsp3) is 0.0169. The molecule has 12 rings (SSSR count). The molecular formula is C59H40N2. The summed E-state index contributed by atoms with van der Waals surface area (Å²) < 4.78 is 0. The lowest BCUT2D eigenvalue weighted by atomic mass is 9.69. The third kappa shape index (κ3) is 5.36. The van der Waals surface area contributed by atoms with E-state index < -0.39 is 5.41 Å². The summed E-state index contributed by atoms with van der Waals surface area (Å²) in [7, 11) is 0. The Bertz CT molecular complexity index is 3210. The van der Waals surface area contributed by atoms with E-state index >= 15 is 0 Å². The number of hydrogen-bond donors (Lipinski definition) is 0. The van der Waals surface area contributed by atoms with Crippen molar-refractivity contribution in [3.05, 3.63) is 265 Å². The molecule has 1 unspecified atom stereocenters. The molecule has 2 heteroatoms. The molecule has 10 aromatic rings. The van der Waals surface area contributed by atoms with E-state index in [9.17, 15) is 0 Å². The topological polar surface area (TPSA) is 6.48 Å². The lowest BCUT2D eigenvalue weighted by Gasteiger charge is -2.37. The predicted molar refractivity (Wildman–Crippen MR) is 255 cm³/mol. The summed E-state index contributed by atoms with van der Waals surface area (Å²) >= 11 is 0. The number of fused-ring (bicyclic) bond motifs is 12. The highest BCUT2D eigenvalue weighted by Crippen LogP contribution is 2.67. The van der Waals surface area contributed by atoms with Crippen molar-refractivity contribution in [1.29, 1.82) is 0 Å². The number of nitrogens with zero attached hydrogens (tertiary/aromatic N) is 2. The first-order valence-corrected chi connectivity index (χ1v) is 21.1. The van der Waals surface area contributed by atoms with Crippen molar-refractivity contribution in [3.8, 4) is 33.4 Å². The lowest BCUT2D eigenvalue weighted by Crippen LogP contribution is -2.28. The highest BCUT2D eigenvalue weighted by molar-refractivity contribution is 6.11. The summed E-state index contributed by atoms with van der Waals surface area (Å²) in [6.45, 7) is 0. The fourth-order valence-electron chi connectivity index (χ4n) is 10.4. The van der Waals surface area contributed by atoms with E-state index in [4.69, 9.17) is 0 Å². The van der Waals surface area contributed by atoms with Crippen LogP contribution in [-0.2, 0) is 5.41 Å². The summed E-state index contributed by atoms with van der Waals surface area (Å²) in [5.74, 6) is 0. The van der Waals surface area contributed by atoms with Crippen LogP contribution in [0.2, 0.25) is 0 Å². The number of para-hydroxylation sites is 3. The molecule has 61 heavy (non-hydrogen) atoms. The van der Waals surface area contributed by atoms with Crippen LogP contribution in [0.3, 0.4) is 0 Å². The molecule has 0 radical (unpaired) electrons. The third-order valence-electron chi connectivity index (χ3n) is 12.8. The van der Waals surface area contributed by atoms with Crippen LogP contribution in [0.1, 0.15) is 22.3 Å². The van der Waals surface area contributed by atoms with Gasteiger partial charge in [0.25, 0.3) is 0 Å². The van der Waals surface area contributed by atoms with Crippen molar-refractivity contribution >= 4 is 44.9 Å². The minimum absolute atomic E-state index is 0.643. The number of benzene rings is 10. The molecule has 1 atom stereocenters. The van der Waals surface area contributed by atoms with E-state index in [1.807, 2.05) is 0 Å². The Morgan fingerprint density at radius 1 is 0.295 bits per heavy atom. The summed E-state index contributed by atoms with van der Waals surface area (Å²) in [4.78, 5) is 4.90. The molecule has 2 aliphatic rings. The first-order chi connectivity index (χ1) is 30.3. The minimum Gasteiger partial charge on any atom is -0.310 e. The molecule has 0 amide bonds. The van der Waals surface area contributed by atoms with Crippen molar-refractivity contribution in [2.45, 2.75) is 5.41 Å². The molecule has 0 bridgehead atoms. The van der Waals surface area contributed by atoms with Gasteiger partial charge in [-0.15, -0.1) is 0 Å². The molecule has 0 saturated carbocycles. The summed E-state index contributed by atoms with van der Waals surface area (Å²) in [5.41, 5.74) is 18.8. The molecular weight excluding hydrogens is 737 g/mol. The molecule has 0 aromatic heterocycles. The van der Waals surface area contributed by atoms with Crippen molar-refractivity contribution in [1.82, 2.24) is 0 Å². The second-order valence-corrected chi connectivity index (χ2v) is 16.0. The molecule has 2 aliphatic carbocycles. The molecule has 2 nitrogen and oxygen atoms in total. The van der Waals surface area contributed by atoms with Gasteiger partial charge in [-0.05, 0) is 128 Å². The van der Waals surface area contributed by atoms with Crippen molar-refractivity contribution in [3.63, 3.8) is 0 Å². The highest BCUT2D eigenvalue weighted by atomic mass is 15.2. The Balaban J connectivity index is 1.21. The van der Waals surface area contributed by atoms with Crippen LogP contribution in [0, 0.1) is 0 Å². The zero-order valence-electron chi connectivity index (χ0n) is 33.5. The maximum Gasteiger partial charge on any atom is 0.0747 e. The van der Waals surface area contributed by atoms with Crippen LogP contribution in [0.5, 0.6) is 0 Å². The molecule has 286 valence electrons. The molecule has 0 aliphatic heterocycles. The maximum atomic E-state index is 2.51. The van der Waals surface area contributed by atoms with E-state index in [2.05, 4.69) is 252 Å². The molecule has 10 aromatic carbocycles. The lowest BCUT2D eigenvalue weighted by molar-refractivity contribution is 0.793. The van der Waals surface area contributed by atoms with Gasteiger partial charge < -0.3 is 9.80 Å². The van der Waals surface area contributed by atoms with Gasteiger partial charge in [-0.2, -0.15) is 0 Å². The maximum absolute atomic E-state index is 2.51. The minimum atomic E-state index is -0.643. The van der Waals surface area contributed by atoms with Gasteiger partial charge >= 0.3 is 0 Å². The van der Waals surface area contributed by atoms with Gasteiger partial charge in [-0.25, -0.2) is 0 Å². The van der Waals surface area contributed by atoms with Crippen molar-refractivity contribution in [2.75, 3.05) is 9.80 Å². The standard InChI is InChI=1S/C59H40N2/c1-5-20-41(21-6-1)42-23-19-30-47(38-42)61(46-28-11-4-12-29-46)56-39-43-22-13-14-31-49(43)57-52-33-16-18-35-54(52)59(58(56)57)53-34-17-15-32-50(53)51-37-36-48(40-55(51)59)60(44-24-7-2-8-25-44)45-26-9-3-10-27-45/h1-40H. The van der Waals surface area contributed by atoms with Crippen molar-refractivity contribution in [2.24, 2.45) is 0 Å². The van der Waals surface area contributed by atoms with E-state index in [-0.39, 0.29) is 0 Å². The second-order valence-electron chi connectivity index (χ2n) is 16.0. The quantitative estimate of drug-likeness (QED) is 0.159. The first-order valence-electron chi connectivity index (χ1n) is 21.1. The zero-order valence-corrected chi connectivity index (χ0v) is 33.5. The largest absolute Gasteiger partial charge is 0.310 e. The number of anilines is 6. The van der Waals surface area contributed by atoms with Gasteiger partial charge in [0.2, 0.25) is 0 Å². The van der Waals surface area contributed by atoms with Crippen LogP contribution < -0.4 is 9.80 Å². The summed E-state index contributed by atoms with van der Waals surface area (Å²) in [6, 6.07) is 89.1. The van der Waals surface area contributed by atoms with E-state index in [1.165, 1.54) is 66.4 Å². The highest BCUT2D eigenvalue weighted by Gasteiger charge is 2.54. The van der Waals surface area contributed by atoms with Gasteiger partial charge in [0, 0.05) is 34.0 Å². The van der Waals surface area contributed by atoms with E-state index in [0.29, 0.717) is 0 Å². The zero-order chi connectivity index (χ0) is 40.3. The Kier molecular flexibility index (Phi) is 8.11. The molecule has 0 fully saturated rings. The molecule has 1 spiro atoms. The Labute approximate surface area is 356 Å². The van der Waals surface area contributed by atoms with Crippen LogP contribution in [-0.4, -0.2) is 0 Å². The van der Waals surface area contributed by atoms with Gasteiger partial charge in [0.1, 0.15) is 0 Å². The number of hydrogen-bond acceptors (Lipinski definition) is 2. The fourth-order valence-corrected chi connectivity index (χ4v) is 10.4. The van der Waals surface area contributed by atoms with Gasteiger partial charge in [-0.1, -0.05) is 176 Å².